The highest BCUT2D eigenvalue weighted by Gasteiger charge is 2.30. The number of H-pyrrole nitrogens is 1. The van der Waals surface area contributed by atoms with Crippen LogP contribution in [0.4, 0.5) is 13.2 Å². The van der Waals surface area contributed by atoms with Crippen LogP contribution >= 0.6 is 0 Å². The fraction of sp³-hybridized carbons (Fsp3) is 0.294. The third kappa shape index (κ3) is 5.09. The number of alkyl halides is 3. The van der Waals surface area contributed by atoms with Gasteiger partial charge in [-0.3, -0.25) is 14.6 Å². The third-order valence-corrected chi connectivity index (χ3v) is 3.72. The monoisotopic (exact) mass is 394 g/mol. The van der Waals surface area contributed by atoms with Crippen molar-refractivity contribution in [1.82, 2.24) is 30.3 Å². The molecule has 1 amide bonds. The molecule has 0 saturated heterocycles. The molecule has 3 rings (SSSR count). The van der Waals surface area contributed by atoms with Crippen molar-refractivity contribution in [3.63, 3.8) is 0 Å². The maximum absolute atomic E-state index is 12.7. The van der Waals surface area contributed by atoms with E-state index in [1.54, 1.807) is 11.0 Å². The molecule has 8 nitrogen and oxygen atoms in total. The smallest absolute Gasteiger partial charge is 0.416 e. The zero-order chi connectivity index (χ0) is 20.1. The van der Waals surface area contributed by atoms with E-state index in [9.17, 15) is 18.0 Å². The lowest BCUT2D eigenvalue weighted by atomic mass is 10.2. The first-order valence-electron chi connectivity index (χ1n) is 8.29. The molecule has 1 aromatic carbocycles. The number of hydrogen-bond acceptors (Lipinski definition) is 5. The van der Waals surface area contributed by atoms with E-state index in [0.29, 0.717) is 12.2 Å². The molecule has 2 heterocycles. The lowest BCUT2D eigenvalue weighted by molar-refractivity contribution is -0.137. The Hall–Kier alpha value is -3.37. The Morgan fingerprint density at radius 2 is 2.18 bits per heavy atom. The quantitative estimate of drug-likeness (QED) is 0.641. The van der Waals surface area contributed by atoms with Gasteiger partial charge in [0.1, 0.15) is 30.7 Å². The number of nitrogens with one attached hydrogen (secondary N) is 2. The number of aromatic nitrogens is 5. The highest BCUT2D eigenvalue weighted by atomic mass is 19.4. The lowest BCUT2D eigenvalue weighted by Crippen LogP contribution is -2.36. The Labute approximate surface area is 157 Å². The number of carbonyl (C=O) groups excluding carboxylic acids is 1. The summed E-state index contributed by atoms with van der Waals surface area (Å²) in [5, 5.41) is 13.3. The van der Waals surface area contributed by atoms with Gasteiger partial charge in [-0.15, -0.1) is 0 Å². The minimum absolute atomic E-state index is 0.0594. The summed E-state index contributed by atoms with van der Waals surface area (Å²) in [6.45, 7) is 2.20. The van der Waals surface area contributed by atoms with E-state index in [4.69, 9.17) is 4.74 Å². The normalized spacial score (nSPS) is 12.6. The summed E-state index contributed by atoms with van der Waals surface area (Å²) in [5.74, 6) is -0.328. The largest absolute Gasteiger partial charge is 0.487 e. The summed E-state index contributed by atoms with van der Waals surface area (Å²) >= 11 is 0. The van der Waals surface area contributed by atoms with Crippen molar-refractivity contribution in [2.45, 2.75) is 32.3 Å². The van der Waals surface area contributed by atoms with Gasteiger partial charge < -0.3 is 10.1 Å². The van der Waals surface area contributed by atoms with Gasteiger partial charge in [0.15, 0.2) is 0 Å². The van der Waals surface area contributed by atoms with E-state index in [-0.39, 0.29) is 24.1 Å². The average Bonchev–Trinajstić information content (AvgIpc) is 3.31. The molecular weight excluding hydrogens is 377 g/mol. The zero-order valence-electron chi connectivity index (χ0n) is 14.8. The first kappa shape index (κ1) is 19.4. The topological polar surface area (TPSA) is 97.7 Å². The molecular formula is C17H17F3N6O2. The number of rotatable bonds is 7. The molecule has 0 radical (unpaired) electrons. The molecule has 2 N–H and O–H groups in total. The van der Waals surface area contributed by atoms with Crippen molar-refractivity contribution in [3.05, 3.63) is 59.9 Å². The first-order chi connectivity index (χ1) is 13.3. The van der Waals surface area contributed by atoms with Gasteiger partial charge in [-0.25, -0.2) is 4.98 Å². The van der Waals surface area contributed by atoms with Crippen LogP contribution < -0.4 is 10.1 Å². The van der Waals surface area contributed by atoms with E-state index in [2.05, 4.69) is 25.6 Å². The second-order valence-corrected chi connectivity index (χ2v) is 6.08. The minimum Gasteiger partial charge on any atom is -0.487 e. The van der Waals surface area contributed by atoms with Crippen molar-refractivity contribution >= 4 is 5.91 Å². The maximum atomic E-state index is 12.7. The average molecular weight is 394 g/mol. The second-order valence-electron chi connectivity index (χ2n) is 6.08. The summed E-state index contributed by atoms with van der Waals surface area (Å²) in [6, 6.07) is 5.83. The van der Waals surface area contributed by atoms with Crippen LogP contribution in [0, 0.1) is 0 Å². The summed E-state index contributed by atoms with van der Waals surface area (Å²) in [5.41, 5.74) is -0.198. The van der Waals surface area contributed by atoms with Crippen LogP contribution in [0.15, 0.2) is 43.0 Å². The molecule has 0 aliphatic carbocycles. The van der Waals surface area contributed by atoms with Gasteiger partial charge in [0, 0.05) is 6.04 Å². The zero-order valence-corrected chi connectivity index (χ0v) is 14.8. The first-order valence-corrected chi connectivity index (χ1v) is 8.29. The van der Waals surface area contributed by atoms with E-state index >= 15 is 0 Å². The van der Waals surface area contributed by atoms with Crippen molar-refractivity contribution in [3.8, 4) is 5.75 Å². The molecule has 0 fully saturated rings. The number of hydrogen-bond donors (Lipinski definition) is 2. The highest BCUT2D eigenvalue weighted by molar-refractivity contribution is 5.92. The van der Waals surface area contributed by atoms with Gasteiger partial charge in [-0.1, -0.05) is 6.07 Å². The third-order valence-electron chi connectivity index (χ3n) is 3.72. The van der Waals surface area contributed by atoms with E-state index in [1.807, 2.05) is 6.92 Å². The van der Waals surface area contributed by atoms with Crippen molar-refractivity contribution < 1.29 is 22.7 Å². The number of aromatic amines is 1. The SMILES string of the molecule is C[C@H](Cn1cncn1)NC(=O)c1cc(COc2cccc(C(F)(F)F)c2)[nH]n1. The van der Waals surface area contributed by atoms with Gasteiger partial charge in [0.2, 0.25) is 0 Å². The van der Waals surface area contributed by atoms with E-state index in [0.717, 1.165) is 12.1 Å². The molecule has 0 spiro atoms. The van der Waals surface area contributed by atoms with E-state index < -0.39 is 17.6 Å². The standard InChI is InChI=1S/C17H17F3N6O2/c1-11(7-26-10-21-9-22-26)23-16(27)15-6-13(24-25-15)8-28-14-4-2-3-12(5-14)17(18,19)20/h2-6,9-11H,7-8H2,1H3,(H,23,27)(H,24,25)/t11-/m1/s1. The van der Waals surface area contributed by atoms with Crippen molar-refractivity contribution in [2.24, 2.45) is 0 Å². The molecule has 0 aliphatic heterocycles. The predicted octanol–water partition coefficient (Wildman–Crippen LogP) is 2.42. The van der Waals surface area contributed by atoms with Gasteiger partial charge in [0.25, 0.3) is 5.91 Å². The van der Waals surface area contributed by atoms with Crippen LogP contribution in [-0.2, 0) is 19.3 Å². The molecule has 3 aromatic rings. The molecule has 148 valence electrons. The Morgan fingerprint density at radius 3 is 2.89 bits per heavy atom. The molecule has 0 bridgehead atoms. The summed E-state index contributed by atoms with van der Waals surface area (Å²) in [7, 11) is 0. The number of benzene rings is 1. The summed E-state index contributed by atoms with van der Waals surface area (Å²) in [6.07, 6.45) is -1.50. The van der Waals surface area contributed by atoms with Crippen LogP contribution in [-0.4, -0.2) is 36.9 Å². The van der Waals surface area contributed by atoms with Crippen LogP contribution in [0.1, 0.15) is 28.7 Å². The molecule has 0 aliphatic rings. The number of ether oxygens (including phenoxy) is 1. The van der Waals surface area contributed by atoms with Crippen molar-refractivity contribution in [1.29, 1.82) is 0 Å². The number of halogens is 3. The Balaban J connectivity index is 1.54. The van der Waals surface area contributed by atoms with Crippen LogP contribution in [0.3, 0.4) is 0 Å². The number of nitrogens with zero attached hydrogens (tertiary/aromatic N) is 4. The summed E-state index contributed by atoms with van der Waals surface area (Å²) in [4.78, 5) is 16.0. The molecule has 0 saturated carbocycles. The van der Waals surface area contributed by atoms with Gasteiger partial charge in [-0.05, 0) is 31.2 Å². The Bertz CT molecular complexity index is 923. The molecule has 1 atom stereocenters. The number of amides is 1. The van der Waals surface area contributed by atoms with Crippen LogP contribution in [0.25, 0.3) is 0 Å². The van der Waals surface area contributed by atoms with Crippen molar-refractivity contribution in [2.75, 3.05) is 0 Å². The molecule has 2 aromatic heterocycles. The van der Waals surface area contributed by atoms with Gasteiger partial charge in [-0.2, -0.15) is 23.4 Å². The maximum Gasteiger partial charge on any atom is 0.416 e. The fourth-order valence-corrected chi connectivity index (χ4v) is 2.43. The molecule has 0 unspecified atom stereocenters. The molecule has 28 heavy (non-hydrogen) atoms. The Morgan fingerprint density at radius 1 is 1.36 bits per heavy atom. The second kappa shape index (κ2) is 8.11. The lowest BCUT2D eigenvalue weighted by Gasteiger charge is -2.12. The summed E-state index contributed by atoms with van der Waals surface area (Å²) < 4.78 is 45.1. The minimum atomic E-state index is -4.44. The van der Waals surface area contributed by atoms with Crippen LogP contribution in [0.2, 0.25) is 0 Å². The number of carbonyl (C=O) groups is 1. The predicted molar refractivity (Wildman–Crippen MR) is 91.3 cm³/mol. The van der Waals surface area contributed by atoms with Crippen LogP contribution in [0.5, 0.6) is 5.75 Å². The van der Waals surface area contributed by atoms with Gasteiger partial charge >= 0.3 is 6.18 Å². The highest BCUT2D eigenvalue weighted by Crippen LogP contribution is 2.31. The van der Waals surface area contributed by atoms with E-state index in [1.165, 1.54) is 24.5 Å². The fourth-order valence-electron chi connectivity index (χ4n) is 2.43. The van der Waals surface area contributed by atoms with Gasteiger partial charge in [0.05, 0.1) is 17.8 Å². The Kier molecular flexibility index (Phi) is 5.62. The molecule has 11 heteroatoms.